The van der Waals surface area contributed by atoms with Crippen LogP contribution >= 0.6 is 24.0 Å². The average molecular weight is 537 g/mol. The van der Waals surface area contributed by atoms with Gasteiger partial charge in [-0.15, -0.1) is 34.2 Å². The Morgan fingerprint density at radius 1 is 1.13 bits per heavy atom. The van der Waals surface area contributed by atoms with E-state index < -0.39 is 11.7 Å². The molecule has 0 spiro atoms. The molecule has 0 radical (unpaired) electrons. The fourth-order valence-corrected chi connectivity index (χ4v) is 2.64. The number of guanidine groups is 1. The number of carbonyl (C=O) groups excluding carboxylic acids is 1. The zero-order chi connectivity index (χ0) is 21.5. The normalized spacial score (nSPS) is 12.6. The number of amides is 1. The third kappa shape index (κ3) is 14.4. The zero-order valence-corrected chi connectivity index (χ0v) is 21.4. The summed E-state index contributed by atoms with van der Waals surface area (Å²) in [5.74, 6) is 0.781. The van der Waals surface area contributed by atoms with E-state index in [9.17, 15) is 4.79 Å². The second-order valence-corrected chi connectivity index (χ2v) is 8.03. The van der Waals surface area contributed by atoms with Crippen LogP contribution in [-0.4, -0.2) is 58.1 Å². The lowest BCUT2D eigenvalue weighted by molar-refractivity contribution is 0.0522. The van der Waals surface area contributed by atoms with Crippen molar-refractivity contribution in [3.8, 4) is 0 Å². The van der Waals surface area contributed by atoms with Crippen molar-refractivity contribution in [1.82, 2.24) is 30.7 Å². The Balaban J connectivity index is 0.00000841. The lowest BCUT2D eigenvalue weighted by atomic mass is 10.1. The molecule has 1 aromatic rings. The molecule has 1 atom stereocenters. The van der Waals surface area contributed by atoms with Crippen LogP contribution in [0.5, 0.6) is 0 Å². The Morgan fingerprint density at radius 3 is 2.43 bits per heavy atom. The number of alkyl carbamates (subject to hydrolysis) is 1. The van der Waals surface area contributed by atoms with Crippen LogP contribution in [0, 0.1) is 0 Å². The smallest absolute Gasteiger partial charge is 0.407 e. The van der Waals surface area contributed by atoms with Gasteiger partial charge in [-0.2, -0.15) is 0 Å². The highest BCUT2D eigenvalue weighted by atomic mass is 127. The maximum Gasteiger partial charge on any atom is 0.407 e. The number of hydrogen-bond donors (Lipinski definition) is 3. The number of hydrogen-bond acceptors (Lipinski definition) is 5. The highest BCUT2D eigenvalue weighted by Gasteiger charge is 2.18. The van der Waals surface area contributed by atoms with Crippen LogP contribution in [0.1, 0.15) is 66.7 Å². The molecular weight excluding hydrogens is 497 g/mol. The highest BCUT2D eigenvalue weighted by Crippen LogP contribution is 2.07. The molecule has 0 aliphatic carbocycles. The van der Waals surface area contributed by atoms with Gasteiger partial charge in [0.15, 0.2) is 5.96 Å². The van der Waals surface area contributed by atoms with Gasteiger partial charge in [-0.1, -0.05) is 19.8 Å². The van der Waals surface area contributed by atoms with Gasteiger partial charge < -0.3 is 25.3 Å². The Morgan fingerprint density at radius 2 is 1.83 bits per heavy atom. The van der Waals surface area contributed by atoms with E-state index >= 15 is 0 Å². The third-order valence-corrected chi connectivity index (χ3v) is 4.04. The number of aromatic nitrogens is 3. The summed E-state index contributed by atoms with van der Waals surface area (Å²) in [6.07, 6.45) is 8.18. The molecular formula is C20H40IN7O2. The lowest BCUT2D eigenvalue weighted by Crippen LogP contribution is -2.49. The molecule has 0 bridgehead atoms. The van der Waals surface area contributed by atoms with E-state index in [1.165, 1.54) is 0 Å². The number of carbonyl (C=O) groups is 1. The summed E-state index contributed by atoms with van der Waals surface area (Å²) in [6, 6.07) is 0.0947. The summed E-state index contributed by atoms with van der Waals surface area (Å²) in [4.78, 5) is 16.6. The van der Waals surface area contributed by atoms with Gasteiger partial charge >= 0.3 is 6.09 Å². The quantitative estimate of drug-likeness (QED) is 0.164. The molecule has 1 aromatic heterocycles. The van der Waals surface area contributed by atoms with E-state index in [0.29, 0.717) is 6.54 Å². The number of rotatable bonds is 12. The molecule has 0 aromatic carbocycles. The first-order valence-electron chi connectivity index (χ1n) is 10.7. The van der Waals surface area contributed by atoms with Crippen molar-refractivity contribution < 1.29 is 9.53 Å². The first kappa shape index (κ1) is 28.4. The SMILES string of the molecule is CCCCC(CNC(=O)OC(C)(C)C)NC(=NCCCCn1cnnc1)NCC.I. The number of nitrogens with one attached hydrogen (secondary N) is 3. The largest absolute Gasteiger partial charge is 0.444 e. The van der Waals surface area contributed by atoms with Crippen molar-refractivity contribution in [2.24, 2.45) is 4.99 Å². The number of aryl methyl sites for hydroxylation is 1. The lowest BCUT2D eigenvalue weighted by Gasteiger charge is -2.24. The summed E-state index contributed by atoms with van der Waals surface area (Å²) < 4.78 is 7.30. The van der Waals surface area contributed by atoms with Crippen molar-refractivity contribution in [3.05, 3.63) is 12.7 Å². The number of aliphatic imine (C=N–C) groups is 1. The molecule has 1 amide bonds. The topological polar surface area (TPSA) is 105 Å². The first-order valence-corrected chi connectivity index (χ1v) is 10.7. The standard InChI is InChI=1S/C20H39N7O2.HI/c1-6-8-11-17(14-23-19(28)29-20(3,4)5)26-18(21-7-2)22-12-9-10-13-27-15-24-25-16-27;/h15-17H,6-14H2,1-5H3,(H,23,28)(H2,21,22,26);1H. The van der Waals surface area contributed by atoms with Crippen LogP contribution in [0.4, 0.5) is 4.79 Å². The zero-order valence-electron chi connectivity index (χ0n) is 19.1. The van der Waals surface area contributed by atoms with Crippen molar-refractivity contribution in [3.63, 3.8) is 0 Å². The van der Waals surface area contributed by atoms with Crippen molar-refractivity contribution in [2.45, 2.75) is 84.9 Å². The van der Waals surface area contributed by atoms with E-state index in [2.05, 4.69) is 38.1 Å². The highest BCUT2D eigenvalue weighted by molar-refractivity contribution is 14.0. The molecule has 1 unspecified atom stereocenters. The van der Waals surface area contributed by atoms with Gasteiger partial charge in [-0.3, -0.25) is 4.99 Å². The number of unbranched alkanes of at least 4 members (excludes halogenated alkanes) is 2. The van der Waals surface area contributed by atoms with E-state index in [1.807, 2.05) is 32.3 Å². The second-order valence-electron chi connectivity index (χ2n) is 8.03. The molecule has 0 aliphatic heterocycles. The van der Waals surface area contributed by atoms with Gasteiger partial charge in [0.25, 0.3) is 0 Å². The van der Waals surface area contributed by atoms with Gasteiger partial charge in [0, 0.05) is 32.2 Å². The minimum Gasteiger partial charge on any atom is -0.444 e. The summed E-state index contributed by atoms with van der Waals surface area (Å²) >= 11 is 0. The molecule has 0 saturated carbocycles. The van der Waals surface area contributed by atoms with E-state index in [1.54, 1.807) is 12.7 Å². The van der Waals surface area contributed by atoms with Gasteiger partial charge in [-0.25, -0.2) is 4.79 Å². The van der Waals surface area contributed by atoms with Crippen molar-refractivity contribution >= 4 is 36.0 Å². The molecule has 10 heteroatoms. The number of halogens is 1. The minimum absolute atomic E-state index is 0. The van der Waals surface area contributed by atoms with Crippen LogP contribution in [0.15, 0.2) is 17.6 Å². The van der Waals surface area contributed by atoms with Gasteiger partial charge in [0.05, 0.1) is 0 Å². The molecule has 3 N–H and O–H groups in total. The molecule has 0 aliphatic rings. The van der Waals surface area contributed by atoms with Crippen LogP contribution in [0.25, 0.3) is 0 Å². The predicted molar refractivity (Wildman–Crippen MR) is 131 cm³/mol. The molecule has 1 rings (SSSR count). The van der Waals surface area contributed by atoms with Crippen molar-refractivity contribution in [1.29, 1.82) is 0 Å². The fraction of sp³-hybridized carbons (Fsp3) is 0.800. The van der Waals surface area contributed by atoms with Gasteiger partial charge in [0.2, 0.25) is 0 Å². The Bertz CT molecular complexity index is 588. The number of ether oxygens (including phenoxy) is 1. The van der Waals surface area contributed by atoms with Gasteiger partial charge in [0.1, 0.15) is 18.3 Å². The van der Waals surface area contributed by atoms with E-state index in [4.69, 9.17) is 4.74 Å². The van der Waals surface area contributed by atoms with Crippen LogP contribution < -0.4 is 16.0 Å². The Hall–Kier alpha value is -1.59. The molecule has 174 valence electrons. The second kappa shape index (κ2) is 16.1. The predicted octanol–water partition coefficient (Wildman–Crippen LogP) is 3.31. The summed E-state index contributed by atoms with van der Waals surface area (Å²) in [5, 5.41) is 17.2. The Kier molecular flexibility index (Phi) is 15.3. The fourth-order valence-electron chi connectivity index (χ4n) is 2.64. The maximum absolute atomic E-state index is 12.0. The molecule has 9 nitrogen and oxygen atoms in total. The van der Waals surface area contributed by atoms with Gasteiger partial charge in [-0.05, 0) is 47.0 Å². The monoisotopic (exact) mass is 537 g/mol. The molecule has 1 heterocycles. The molecule has 30 heavy (non-hydrogen) atoms. The Labute approximate surface area is 198 Å². The average Bonchev–Trinajstić information content (AvgIpc) is 3.15. The van der Waals surface area contributed by atoms with Crippen LogP contribution in [0.3, 0.4) is 0 Å². The molecule has 0 fully saturated rings. The van der Waals surface area contributed by atoms with E-state index in [-0.39, 0.29) is 30.0 Å². The maximum atomic E-state index is 12.0. The van der Waals surface area contributed by atoms with E-state index in [0.717, 1.165) is 57.7 Å². The van der Waals surface area contributed by atoms with Crippen molar-refractivity contribution in [2.75, 3.05) is 19.6 Å². The summed E-state index contributed by atoms with van der Waals surface area (Å²) in [7, 11) is 0. The van der Waals surface area contributed by atoms with Crippen LogP contribution in [0.2, 0.25) is 0 Å². The molecule has 0 saturated heterocycles. The minimum atomic E-state index is -0.500. The first-order chi connectivity index (χ1) is 13.8. The number of nitrogens with zero attached hydrogens (tertiary/aromatic N) is 4. The summed E-state index contributed by atoms with van der Waals surface area (Å²) in [5.41, 5.74) is -0.500. The third-order valence-electron chi connectivity index (χ3n) is 4.04. The summed E-state index contributed by atoms with van der Waals surface area (Å²) in [6.45, 7) is 12.7. The van der Waals surface area contributed by atoms with Crippen LogP contribution in [-0.2, 0) is 11.3 Å².